The van der Waals surface area contributed by atoms with E-state index in [1.807, 2.05) is 27.7 Å². The van der Waals surface area contributed by atoms with Crippen LogP contribution in [-0.2, 0) is 6.54 Å². The zero-order chi connectivity index (χ0) is 25.5. The first-order valence-corrected chi connectivity index (χ1v) is 12.5. The molecule has 3 aromatic heterocycles. The molecule has 188 valence electrons. The Labute approximate surface area is 215 Å². The lowest BCUT2D eigenvalue weighted by atomic mass is 9.99. The molecule has 6 rings (SSSR count). The number of nitrogens with one attached hydrogen (secondary N) is 1. The van der Waals surface area contributed by atoms with Gasteiger partial charge in [0, 0.05) is 36.5 Å². The molecule has 1 aliphatic rings. The van der Waals surface area contributed by atoms with E-state index in [1.165, 1.54) is 11.1 Å². The Morgan fingerprint density at radius 3 is 2.51 bits per heavy atom. The molecule has 4 heterocycles. The summed E-state index contributed by atoms with van der Waals surface area (Å²) in [5.41, 5.74) is 8.90. The van der Waals surface area contributed by atoms with Crippen LogP contribution in [0.1, 0.15) is 22.7 Å². The van der Waals surface area contributed by atoms with Crippen LogP contribution in [0.5, 0.6) is 11.5 Å². The van der Waals surface area contributed by atoms with Crippen molar-refractivity contribution in [2.75, 3.05) is 27.3 Å². The van der Waals surface area contributed by atoms with Crippen molar-refractivity contribution in [3.63, 3.8) is 0 Å². The number of methoxy groups -OCH3 is 2. The average Bonchev–Trinajstić information content (AvgIpc) is 3.49. The third-order valence-corrected chi connectivity index (χ3v) is 7.27. The van der Waals surface area contributed by atoms with Gasteiger partial charge in [-0.1, -0.05) is 30.3 Å². The molecule has 0 spiro atoms. The maximum absolute atomic E-state index is 5.87. The van der Waals surface area contributed by atoms with E-state index in [2.05, 4.69) is 66.9 Å². The van der Waals surface area contributed by atoms with E-state index in [9.17, 15) is 0 Å². The zero-order valence-electron chi connectivity index (χ0n) is 21.5. The van der Waals surface area contributed by atoms with Crippen molar-refractivity contribution in [1.82, 2.24) is 29.9 Å². The van der Waals surface area contributed by atoms with E-state index >= 15 is 0 Å². The van der Waals surface area contributed by atoms with Crippen molar-refractivity contribution in [3.05, 3.63) is 77.6 Å². The summed E-state index contributed by atoms with van der Waals surface area (Å²) in [5, 5.41) is 13.0. The fourth-order valence-corrected chi connectivity index (χ4v) is 4.77. The number of aromatic nitrogens is 5. The molecule has 1 N–H and O–H groups in total. The Balaban J connectivity index is 1.53. The summed E-state index contributed by atoms with van der Waals surface area (Å²) in [7, 11) is 3.37. The monoisotopic (exact) mass is 494 g/mol. The second-order valence-electron chi connectivity index (χ2n) is 9.53. The molecule has 37 heavy (non-hydrogen) atoms. The van der Waals surface area contributed by atoms with E-state index in [-0.39, 0.29) is 0 Å². The first-order valence-electron chi connectivity index (χ1n) is 12.5. The van der Waals surface area contributed by atoms with Crippen molar-refractivity contribution < 1.29 is 9.47 Å². The topological polar surface area (TPSA) is 79.0 Å². The van der Waals surface area contributed by atoms with Crippen LogP contribution in [0.2, 0.25) is 0 Å². The molecule has 1 aliphatic heterocycles. The molecule has 1 saturated heterocycles. The molecule has 2 aromatic carbocycles. The standard InChI is InChI=1S/C29H30N6O2/c1-18-6-5-7-24(19(18)2)28-26(37-4)12-25-29(32-28)27(21-13-31-34(17-21)22-14-30-15-22)33-35(25)16-20-8-10-23(36-3)11-9-20/h5-13,17,22,30H,14-16H2,1-4H3. The number of hydrogen-bond donors (Lipinski definition) is 1. The van der Waals surface area contributed by atoms with Gasteiger partial charge < -0.3 is 14.8 Å². The maximum atomic E-state index is 5.87. The molecule has 0 bridgehead atoms. The third-order valence-electron chi connectivity index (χ3n) is 7.27. The second kappa shape index (κ2) is 9.37. The summed E-state index contributed by atoms with van der Waals surface area (Å²) >= 11 is 0. The molecule has 0 radical (unpaired) electrons. The number of pyridine rings is 1. The highest BCUT2D eigenvalue weighted by atomic mass is 16.5. The van der Waals surface area contributed by atoms with Crippen molar-refractivity contribution in [3.8, 4) is 34.0 Å². The molecule has 8 heteroatoms. The molecule has 5 aromatic rings. The lowest BCUT2D eigenvalue weighted by Gasteiger charge is -2.27. The van der Waals surface area contributed by atoms with E-state index in [4.69, 9.17) is 19.6 Å². The Kier molecular flexibility index (Phi) is 5.88. The molecule has 0 atom stereocenters. The molecule has 0 amide bonds. The SMILES string of the molecule is COc1ccc(Cn2nc(-c3cnn(C4CNC4)c3)c3nc(-c4cccc(C)c4C)c(OC)cc32)cc1. The van der Waals surface area contributed by atoms with Gasteiger partial charge in [0.25, 0.3) is 0 Å². The van der Waals surface area contributed by atoms with E-state index in [1.54, 1.807) is 14.2 Å². The lowest BCUT2D eigenvalue weighted by Crippen LogP contribution is -2.43. The summed E-state index contributed by atoms with van der Waals surface area (Å²) in [4.78, 5) is 5.19. The lowest BCUT2D eigenvalue weighted by molar-refractivity contribution is 0.318. The van der Waals surface area contributed by atoms with Gasteiger partial charge in [-0.3, -0.25) is 9.36 Å². The third kappa shape index (κ3) is 4.13. The first kappa shape index (κ1) is 23.2. The van der Waals surface area contributed by atoms with Crippen LogP contribution in [0.15, 0.2) is 60.9 Å². The summed E-state index contributed by atoms with van der Waals surface area (Å²) in [6.07, 6.45) is 3.97. The molecular formula is C29H30N6O2. The van der Waals surface area contributed by atoms with E-state index in [0.29, 0.717) is 12.6 Å². The van der Waals surface area contributed by atoms with Gasteiger partial charge in [-0.25, -0.2) is 4.98 Å². The van der Waals surface area contributed by atoms with E-state index in [0.717, 1.165) is 63.7 Å². The molecule has 0 unspecified atom stereocenters. The van der Waals surface area contributed by atoms with Gasteiger partial charge in [0.15, 0.2) is 0 Å². The zero-order valence-corrected chi connectivity index (χ0v) is 21.5. The summed E-state index contributed by atoms with van der Waals surface area (Å²) in [6.45, 7) is 6.70. The number of fused-ring (bicyclic) bond motifs is 1. The highest BCUT2D eigenvalue weighted by molar-refractivity contribution is 5.93. The second-order valence-corrected chi connectivity index (χ2v) is 9.53. The number of hydrogen-bond acceptors (Lipinski definition) is 6. The summed E-state index contributed by atoms with van der Waals surface area (Å²) in [5.74, 6) is 1.55. The molecule has 1 fully saturated rings. The fraction of sp³-hybridized carbons (Fsp3) is 0.276. The quantitative estimate of drug-likeness (QED) is 0.351. The van der Waals surface area contributed by atoms with Gasteiger partial charge >= 0.3 is 0 Å². The molecule has 8 nitrogen and oxygen atoms in total. The predicted octanol–water partition coefficient (Wildman–Crippen LogP) is 4.79. The van der Waals surface area contributed by atoms with Crippen molar-refractivity contribution in [2.24, 2.45) is 0 Å². The van der Waals surface area contributed by atoms with Crippen molar-refractivity contribution in [1.29, 1.82) is 0 Å². The van der Waals surface area contributed by atoms with Crippen LogP contribution in [0.4, 0.5) is 0 Å². The minimum atomic E-state index is 0.375. The summed E-state index contributed by atoms with van der Waals surface area (Å²) < 4.78 is 15.2. The molecule has 0 saturated carbocycles. The number of aryl methyl sites for hydroxylation is 1. The largest absolute Gasteiger partial charge is 0.497 e. The van der Waals surface area contributed by atoms with Crippen molar-refractivity contribution >= 4 is 11.0 Å². The summed E-state index contributed by atoms with van der Waals surface area (Å²) in [6, 6.07) is 16.8. The number of ether oxygens (including phenoxy) is 2. The smallest absolute Gasteiger partial charge is 0.147 e. The van der Waals surface area contributed by atoms with Crippen LogP contribution in [0, 0.1) is 13.8 Å². The van der Waals surface area contributed by atoms with Crippen LogP contribution in [0.25, 0.3) is 33.5 Å². The minimum absolute atomic E-state index is 0.375. The number of benzene rings is 2. The Bertz CT molecular complexity index is 1580. The van der Waals surface area contributed by atoms with Gasteiger partial charge in [0.2, 0.25) is 0 Å². The van der Waals surface area contributed by atoms with Crippen LogP contribution in [0.3, 0.4) is 0 Å². The number of rotatable bonds is 7. The highest BCUT2D eigenvalue weighted by Gasteiger charge is 2.23. The Morgan fingerprint density at radius 1 is 1.00 bits per heavy atom. The Morgan fingerprint density at radius 2 is 1.81 bits per heavy atom. The predicted molar refractivity (Wildman–Crippen MR) is 144 cm³/mol. The van der Waals surface area contributed by atoms with Crippen LogP contribution in [-0.4, -0.2) is 51.9 Å². The normalized spacial score (nSPS) is 13.6. The highest BCUT2D eigenvalue weighted by Crippen LogP contribution is 2.37. The van der Waals surface area contributed by atoms with E-state index < -0.39 is 0 Å². The Hall–Kier alpha value is -4.17. The van der Waals surface area contributed by atoms with Crippen LogP contribution < -0.4 is 14.8 Å². The molecule has 0 aliphatic carbocycles. The van der Waals surface area contributed by atoms with Gasteiger partial charge in [-0.15, -0.1) is 0 Å². The molecular weight excluding hydrogens is 464 g/mol. The maximum Gasteiger partial charge on any atom is 0.147 e. The van der Waals surface area contributed by atoms with Gasteiger partial charge in [-0.2, -0.15) is 10.2 Å². The number of nitrogens with zero attached hydrogens (tertiary/aromatic N) is 5. The first-order chi connectivity index (χ1) is 18.1. The fourth-order valence-electron chi connectivity index (χ4n) is 4.77. The van der Waals surface area contributed by atoms with Gasteiger partial charge in [0.1, 0.15) is 28.4 Å². The average molecular weight is 495 g/mol. The van der Waals surface area contributed by atoms with Gasteiger partial charge in [0.05, 0.1) is 38.5 Å². The van der Waals surface area contributed by atoms with Crippen molar-refractivity contribution in [2.45, 2.75) is 26.4 Å². The van der Waals surface area contributed by atoms with Crippen LogP contribution >= 0.6 is 0 Å². The minimum Gasteiger partial charge on any atom is -0.497 e. The van der Waals surface area contributed by atoms with Gasteiger partial charge in [-0.05, 0) is 42.7 Å².